The molecule has 3 atom stereocenters. The van der Waals surface area contributed by atoms with Gasteiger partial charge in [-0.3, -0.25) is 0 Å². The summed E-state index contributed by atoms with van der Waals surface area (Å²) >= 11 is 0. The minimum Gasteiger partial charge on any atom is -0.306 e. The summed E-state index contributed by atoms with van der Waals surface area (Å²) in [5.41, 5.74) is 0. The summed E-state index contributed by atoms with van der Waals surface area (Å²) in [7, 11) is 13.7. The fraction of sp³-hybridized carbons (Fsp3) is 0.908. The van der Waals surface area contributed by atoms with Gasteiger partial charge in [0.1, 0.15) is 0 Å². The van der Waals surface area contributed by atoms with E-state index in [1.807, 2.05) is 0 Å². The molecule has 3 nitrogen and oxygen atoms in total. The molecule has 90 heavy (non-hydrogen) atoms. The molecule has 0 rings (SSSR count). The summed E-state index contributed by atoms with van der Waals surface area (Å²) in [5.74, 6) is 0. The number of nitrogens with zero attached hydrogens (tertiary/aromatic N) is 3. The highest BCUT2D eigenvalue weighted by atomic mass is 15.1. The Hall–Kier alpha value is -1.16. The van der Waals surface area contributed by atoms with E-state index in [9.17, 15) is 0 Å². The SMILES string of the molecule is CCCCC/C=C\C/C=C\CCCCCCCCCCCC(CCCCCC)N(C)C.CCCCCCCC/C=C\CCCCCCCC(CCCCCCCC)N(C)C.CCCCCCCC/C=C\CCCCCCCC(CCCCCCCCC)N(C)C. The molecule has 0 radical (unpaired) electrons. The Kier molecular flexibility index (Phi) is 86.8. The first-order valence-corrected chi connectivity index (χ1v) is 41.7. The van der Waals surface area contributed by atoms with Crippen molar-refractivity contribution < 1.29 is 0 Å². The number of allylic oxidation sites excluding steroid dienone is 8. The highest BCUT2D eigenvalue weighted by Crippen LogP contribution is 2.21. The summed E-state index contributed by atoms with van der Waals surface area (Å²) in [6.07, 6.45) is 109. The van der Waals surface area contributed by atoms with Gasteiger partial charge in [0.25, 0.3) is 0 Å². The maximum Gasteiger partial charge on any atom is 0.00891 e. The molecule has 538 valence electrons. The van der Waals surface area contributed by atoms with Gasteiger partial charge < -0.3 is 14.7 Å². The third-order valence-electron chi connectivity index (χ3n) is 19.7. The summed E-state index contributed by atoms with van der Waals surface area (Å²) in [6.45, 7) is 13.8. The van der Waals surface area contributed by atoms with Crippen LogP contribution in [-0.4, -0.2) is 75.1 Å². The topological polar surface area (TPSA) is 9.72 Å². The van der Waals surface area contributed by atoms with Crippen molar-refractivity contribution in [3.8, 4) is 0 Å². The summed E-state index contributed by atoms with van der Waals surface area (Å²) in [6, 6.07) is 2.43. The molecule has 0 saturated carbocycles. The van der Waals surface area contributed by atoms with Crippen LogP contribution in [-0.2, 0) is 0 Å². The predicted molar refractivity (Wildman–Crippen MR) is 419 cm³/mol. The number of rotatable bonds is 71. The molecule has 0 N–H and O–H groups in total. The van der Waals surface area contributed by atoms with E-state index >= 15 is 0 Å². The van der Waals surface area contributed by atoms with Crippen LogP contribution in [0, 0.1) is 0 Å². The summed E-state index contributed by atoms with van der Waals surface area (Å²) < 4.78 is 0. The largest absolute Gasteiger partial charge is 0.306 e. The average Bonchev–Trinajstić information content (AvgIpc) is 3.62. The molecule has 0 heterocycles. The van der Waals surface area contributed by atoms with Gasteiger partial charge in [0.05, 0.1) is 0 Å². The van der Waals surface area contributed by atoms with Crippen LogP contribution < -0.4 is 0 Å². The zero-order valence-corrected chi connectivity index (χ0v) is 64.9. The molecule has 0 aliphatic rings. The van der Waals surface area contributed by atoms with Gasteiger partial charge in [0.15, 0.2) is 0 Å². The number of hydrogen-bond acceptors (Lipinski definition) is 3. The first kappa shape index (κ1) is 93.0. The summed E-state index contributed by atoms with van der Waals surface area (Å²) in [5, 5.41) is 0. The number of unbranched alkanes of at least 4 members (excludes halogenated alkanes) is 48. The van der Waals surface area contributed by atoms with Crippen molar-refractivity contribution >= 4 is 0 Å². The lowest BCUT2D eigenvalue weighted by atomic mass is 9.99. The molecule has 0 amide bonds. The van der Waals surface area contributed by atoms with Gasteiger partial charge in [-0.2, -0.15) is 0 Å². The maximum absolute atomic E-state index is 2.48. The Morgan fingerprint density at radius 2 is 0.300 bits per heavy atom. The van der Waals surface area contributed by atoms with Crippen LogP contribution in [0.2, 0.25) is 0 Å². The van der Waals surface area contributed by atoms with Gasteiger partial charge in [-0.15, -0.1) is 0 Å². The van der Waals surface area contributed by atoms with Crippen LogP contribution >= 0.6 is 0 Å². The molecular formula is C87H175N3. The second kappa shape index (κ2) is 83.9. The van der Waals surface area contributed by atoms with Crippen LogP contribution in [0.3, 0.4) is 0 Å². The van der Waals surface area contributed by atoms with Crippen molar-refractivity contribution in [2.45, 2.75) is 471 Å². The lowest BCUT2D eigenvalue weighted by molar-refractivity contribution is 0.251. The highest BCUT2D eigenvalue weighted by molar-refractivity contribution is 4.92. The monoisotopic (exact) mass is 1260 g/mol. The van der Waals surface area contributed by atoms with Crippen LogP contribution in [0.5, 0.6) is 0 Å². The Bertz CT molecular complexity index is 1360. The van der Waals surface area contributed by atoms with Gasteiger partial charge in [0, 0.05) is 18.1 Å². The van der Waals surface area contributed by atoms with Gasteiger partial charge in [-0.25, -0.2) is 0 Å². The Morgan fingerprint density at radius 3 is 0.489 bits per heavy atom. The van der Waals surface area contributed by atoms with Crippen LogP contribution in [0.1, 0.15) is 452 Å². The van der Waals surface area contributed by atoms with E-state index in [2.05, 4.69) is 147 Å². The Balaban J connectivity index is -0.00000126. The third kappa shape index (κ3) is 81.1. The molecule has 0 aliphatic heterocycles. The van der Waals surface area contributed by atoms with E-state index in [0.29, 0.717) is 0 Å². The molecule has 3 unspecified atom stereocenters. The van der Waals surface area contributed by atoms with E-state index in [0.717, 1.165) is 24.5 Å². The molecule has 0 fully saturated rings. The van der Waals surface area contributed by atoms with E-state index in [1.165, 1.54) is 405 Å². The molecule has 0 aliphatic carbocycles. The van der Waals surface area contributed by atoms with Crippen molar-refractivity contribution in [2.24, 2.45) is 0 Å². The first-order chi connectivity index (χ1) is 44.2. The quantitative estimate of drug-likeness (QED) is 0.0444. The minimum atomic E-state index is 0.811. The molecule has 3 heteroatoms. The molecule has 0 spiro atoms. The van der Waals surface area contributed by atoms with Gasteiger partial charge >= 0.3 is 0 Å². The molecule has 0 bridgehead atoms. The third-order valence-corrected chi connectivity index (χ3v) is 19.7. The van der Waals surface area contributed by atoms with Crippen LogP contribution in [0.4, 0.5) is 0 Å². The van der Waals surface area contributed by atoms with Gasteiger partial charge in [-0.05, 0) is 164 Å². The van der Waals surface area contributed by atoms with Crippen molar-refractivity contribution in [3.63, 3.8) is 0 Å². The van der Waals surface area contributed by atoms with E-state index < -0.39 is 0 Å². The lowest BCUT2D eigenvalue weighted by Crippen LogP contribution is -2.27. The molecule has 0 saturated heterocycles. The van der Waals surface area contributed by atoms with Crippen molar-refractivity contribution in [1.29, 1.82) is 0 Å². The smallest absolute Gasteiger partial charge is 0.00891 e. The van der Waals surface area contributed by atoms with Crippen LogP contribution in [0.15, 0.2) is 48.6 Å². The maximum atomic E-state index is 2.48. The first-order valence-electron chi connectivity index (χ1n) is 41.7. The second-order valence-electron chi connectivity index (χ2n) is 29.3. The fourth-order valence-electron chi connectivity index (χ4n) is 13.1. The van der Waals surface area contributed by atoms with Crippen LogP contribution in [0.25, 0.3) is 0 Å². The van der Waals surface area contributed by atoms with Gasteiger partial charge in [-0.1, -0.05) is 379 Å². The highest BCUT2D eigenvalue weighted by Gasteiger charge is 2.13. The summed E-state index contributed by atoms with van der Waals surface area (Å²) in [4.78, 5) is 7.42. The number of hydrogen-bond donors (Lipinski definition) is 0. The van der Waals surface area contributed by atoms with E-state index in [1.54, 1.807) is 0 Å². The van der Waals surface area contributed by atoms with Gasteiger partial charge in [0.2, 0.25) is 0 Å². The molecular weight excluding hydrogens is 1090 g/mol. The molecule has 0 aromatic heterocycles. The van der Waals surface area contributed by atoms with E-state index in [4.69, 9.17) is 0 Å². The van der Waals surface area contributed by atoms with Crippen molar-refractivity contribution in [1.82, 2.24) is 14.7 Å². The molecule has 0 aromatic rings. The Morgan fingerprint density at radius 1 is 0.167 bits per heavy atom. The Labute approximate surface area is 573 Å². The van der Waals surface area contributed by atoms with E-state index in [-0.39, 0.29) is 0 Å². The van der Waals surface area contributed by atoms with Crippen molar-refractivity contribution in [3.05, 3.63) is 48.6 Å². The molecule has 0 aromatic carbocycles. The predicted octanol–water partition coefficient (Wildman–Crippen LogP) is 30.1. The second-order valence-corrected chi connectivity index (χ2v) is 29.3. The average molecular weight is 1260 g/mol. The lowest BCUT2D eigenvalue weighted by Gasteiger charge is -2.24. The zero-order valence-electron chi connectivity index (χ0n) is 64.9. The fourth-order valence-corrected chi connectivity index (χ4v) is 13.1. The minimum absolute atomic E-state index is 0.811. The zero-order chi connectivity index (χ0) is 66.4. The standard InChI is InChI=1S/C30H59N.C29H59N.C28H57N/c1-5-7-9-11-12-13-14-15-16-17-18-19-20-21-22-23-24-25-27-29-30(31(3)4)28-26-10-8-6-2;1-5-7-9-11-13-14-15-16-17-18-19-20-22-24-26-28-29(30(3)4)27-25-23-21-12-10-8-6-2;1-5-7-9-11-13-14-15-16-17-18-19-20-21-23-25-27-28(29(3)4)26-24-22-12-10-8-6-2/h12-13,15-16,30H,5-11,14,17-29H2,1-4H3;16-17,29H,5-15,18-28H2,1-4H3;16-17,28H,5-15,18-27H2,1-4H3/b13-12-,16-15-;2*17-16-. The van der Waals surface area contributed by atoms with Crippen molar-refractivity contribution in [2.75, 3.05) is 42.3 Å². The normalized spacial score (nSPS) is 13.1.